The Morgan fingerprint density at radius 3 is 2.62 bits per heavy atom. The van der Waals surface area contributed by atoms with Gasteiger partial charge in [0.25, 0.3) is 0 Å². The molecular weight excluding hydrogens is 501 g/mol. The van der Waals surface area contributed by atoms with Crippen molar-refractivity contribution in [1.29, 1.82) is 0 Å². The zero-order valence-electron chi connectivity index (χ0n) is 7.51. The number of hydrogen-bond donors (Lipinski definition) is 0. The normalized spacial score (nSPS) is 50.2. The van der Waals surface area contributed by atoms with Crippen LogP contribution in [0.1, 0.15) is 19.8 Å². The van der Waals surface area contributed by atoms with Gasteiger partial charge in [-0.15, -0.1) is 0 Å². The molecule has 0 aromatic rings. The van der Waals surface area contributed by atoms with Crippen LogP contribution < -0.4 is 0 Å². The van der Waals surface area contributed by atoms with Crippen molar-refractivity contribution in [2.75, 3.05) is 0 Å². The van der Waals surface area contributed by atoms with Gasteiger partial charge in [0, 0.05) is 11.8 Å². The molecule has 1 saturated carbocycles. The van der Waals surface area contributed by atoms with E-state index in [9.17, 15) is 0 Å². The first-order valence-electron chi connectivity index (χ1n) is 4.72. The monoisotopic (exact) mass is 514 g/mol. The maximum absolute atomic E-state index is 2.67. The summed E-state index contributed by atoms with van der Waals surface area (Å²) in [7, 11) is 0. The topological polar surface area (TPSA) is 0 Å². The number of alkyl halides is 3. The molecule has 2 aliphatic rings. The number of fused-ring (bicyclic) bond motifs is 1. The smallest absolute Gasteiger partial charge is 0.0420 e. The van der Waals surface area contributed by atoms with Crippen molar-refractivity contribution >= 4 is 67.8 Å². The Bertz CT molecular complexity index is 236. The number of hydrogen-bond acceptors (Lipinski definition) is 0. The molecule has 2 rings (SSSR count). The fourth-order valence-corrected chi connectivity index (χ4v) is 6.06. The van der Waals surface area contributed by atoms with Crippen molar-refractivity contribution < 1.29 is 0 Å². The van der Waals surface area contributed by atoms with Crippen molar-refractivity contribution in [3.05, 3.63) is 11.6 Å². The first-order valence-corrected chi connectivity index (χ1v) is 8.46. The van der Waals surface area contributed by atoms with Crippen LogP contribution in [0.2, 0.25) is 0 Å². The predicted molar refractivity (Wildman–Crippen MR) is 83.4 cm³/mol. The maximum atomic E-state index is 2.67. The highest BCUT2D eigenvalue weighted by atomic mass is 127. The quantitative estimate of drug-likeness (QED) is 0.256. The molecule has 5 atom stereocenters. The van der Waals surface area contributed by atoms with Crippen LogP contribution in [0.5, 0.6) is 0 Å². The molecule has 0 bridgehead atoms. The van der Waals surface area contributed by atoms with Crippen LogP contribution in [0.25, 0.3) is 0 Å². The minimum absolute atomic E-state index is 0.761. The number of allylic oxidation sites excluding steroid dienone is 2. The third-order valence-electron chi connectivity index (χ3n) is 3.08. The van der Waals surface area contributed by atoms with E-state index in [1.54, 1.807) is 5.57 Å². The lowest BCUT2D eigenvalue weighted by Crippen LogP contribution is -2.33. The second kappa shape index (κ2) is 4.43. The van der Waals surface area contributed by atoms with Crippen molar-refractivity contribution in [1.82, 2.24) is 0 Å². The van der Waals surface area contributed by atoms with Crippen molar-refractivity contribution in [3.8, 4) is 0 Å². The van der Waals surface area contributed by atoms with Gasteiger partial charge in [-0.3, -0.25) is 0 Å². The Kier molecular flexibility index (Phi) is 3.89. The molecule has 1 fully saturated rings. The molecule has 2 aliphatic carbocycles. The van der Waals surface area contributed by atoms with E-state index in [4.69, 9.17) is 0 Å². The molecule has 0 aliphatic heterocycles. The van der Waals surface area contributed by atoms with Gasteiger partial charge in [0.2, 0.25) is 0 Å². The summed E-state index contributed by atoms with van der Waals surface area (Å²) in [6.07, 6.45) is 5.34. The molecule has 5 unspecified atom stereocenters. The van der Waals surface area contributed by atoms with E-state index in [0.717, 1.165) is 23.6 Å². The highest BCUT2D eigenvalue weighted by Crippen LogP contribution is 2.47. The van der Waals surface area contributed by atoms with E-state index < -0.39 is 0 Å². The van der Waals surface area contributed by atoms with Crippen molar-refractivity contribution in [3.63, 3.8) is 0 Å². The summed E-state index contributed by atoms with van der Waals surface area (Å²) >= 11 is 7.90. The van der Waals surface area contributed by atoms with E-state index >= 15 is 0 Å². The number of rotatable bonds is 0. The van der Waals surface area contributed by atoms with Crippen LogP contribution in [0.4, 0.5) is 0 Å². The lowest BCUT2D eigenvalue weighted by Gasteiger charge is -2.31. The Morgan fingerprint density at radius 2 is 1.92 bits per heavy atom. The summed E-state index contributed by atoms with van der Waals surface area (Å²) in [6, 6.07) is 0. The molecule has 0 radical (unpaired) electrons. The standard InChI is InChI=1S/C10H13I3/c1-5-2-6-4-8(11)10(13)9(12)7(6)3-5/h4-5,7-10H,2-3H2,1H3. The molecule has 0 spiro atoms. The van der Waals surface area contributed by atoms with Crippen LogP contribution in [0.3, 0.4) is 0 Å². The molecule has 74 valence electrons. The molecule has 0 N–H and O–H groups in total. The van der Waals surface area contributed by atoms with Crippen molar-refractivity contribution in [2.45, 2.75) is 31.5 Å². The molecule has 0 aromatic carbocycles. The summed E-state index contributed by atoms with van der Waals surface area (Å²) in [4.78, 5) is 0. The van der Waals surface area contributed by atoms with Crippen LogP contribution in [0.15, 0.2) is 11.6 Å². The zero-order valence-corrected chi connectivity index (χ0v) is 14.0. The average molecular weight is 514 g/mol. The molecule has 0 nitrogen and oxygen atoms in total. The highest BCUT2D eigenvalue weighted by molar-refractivity contribution is 14.1. The minimum atomic E-state index is 0.761. The van der Waals surface area contributed by atoms with E-state index in [-0.39, 0.29) is 0 Å². The summed E-state index contributed by atoms with van der Waals surface area (Å²) in [5, 5.41) is 0. The Morgan fingerprint density at radius 1 is 1.23 bits per heavy atom. The van der Waals surface area contributed by atoms with Crippen LogP contribution in [-0.2, 0) is 0 Å². The lowest BCUT2D eigenvalue weighted by molar-refractivity contribution is 0.521. The molecule has 3 heteroatoms. The molecular formula is C10H13I3. The summed E-state index contributed by atoms with van der Waals surface area (Å²) in [5.74, 6) is 1.84. The van der Waals surface area contributed by atoms with Gasteiger partial charge in [0.1, 0.15) is 0 Å². The van der Waals surface area contributed by atoms with E-state index in [1.165, 1.54) is 12.8 Å². The molecule has 0 heterocycles. The SMILES string of the molecule is CC1CC2=CC(I)C(I)C(I)C2C1. The van der Waals surface area contributed by atoms with Gasteiger partial charge >= 0.3 is 0 Å². The fourth-order valence-electron chi connectivity index (χ4n) is 2.44. The summed E-state index contributed by atoms with van der Waals surface area (Å²) in [5.41, 5.74) is 1.76. The van der Waals surface area contributed by atoms with Gasteiger partial charge in [-0.2, -0.15) is 0 Å². The average Bonchev–Trinajstić information content (AvgIpc) is 2.42. The van der Waals surface area contributed by atoms with Gasteiger partial charge < -0.3 is 0 Å². The van der Waals surface area contributed by atoms with Crippen LogP contribution in [-0.4, -0.2) is 11.8 Å². The summed E-state index contributed by atoms with van der Waals surface area (Å²) in [6.45, 7) is 2.40. The molecule has 0 aromatic heterocycles. The Hall–Kier alpha value is 1.93. The maximum Gasteiger partial charge on any atom is 0.0420 e. The molecule has 0 amide bonds. The van der Waals surface area contributed by atoms with Gasteiger partial charge in [-0.1, -0.05) is 86.3 Å². The fraction of sp³-hybridized carbons (Fsp3) is 0.800. The molecule has 0 saturated heterocycles. The Labute approximate surface area is 121 Å². The van der Waals surface area contributed by atoms with E-state index in [0.29, 0.717) is 0 Å². The Balaban J connectivity index is 2.24. The third-order valence-corrected chi connectivity index (χ3v) is 10.2. The van der Waals surface area contributed by atoms with Gasteiger partial charge in [-0.05, 0) is 24.7 Å². The first-order chi connectivity index (χ1) is 6.09. The lowest BCUT2D eigenvalue weighted by atomic mass is 9.90. The summed E-state index contributed by atoms with van der Waals surface area (Å²) < 4.78 is 2.46. The van der Waals surface area contributed by atoms with Gasteiger partial charge in [0.15, 0.2) is 0 Å². The van der Waals surface area contributed by atoms with Gasteiger partial charge in [-0.25, -0.2) is 0 Å². The predicted octanol–water partition coefficient (Wildman–Crippen LogP) is 4.38. The second-order valence-corrected chi connectivity index (χ2v) is 8.54. The molecule has 13 heavy (non-hydrogen) atoms. The third kappa shape index (κ3) is 2.21. The minimum Gasteiger partial charge on any atom is -0.0808 e. The largest absolute Gasteiger partial charge is 0.0808 e. The number of halogens is 3. The van der Waals surface area contributed by atoms with Crippen LogP contribution in [0, 0.1) is 11.8 Å². The zero-order chi connectivity index (χ0) is 9.59. The van der Waals surface area contributed by atoms with Gasteiger partial charge in [0.05, 0.1) is 0 Å². The second-order valence-electron chi connectivity index (χ2n) is 4.23. The van der Waals surface area contributed by atoms with E-state index in [1.807, 2.05) is 0 Å². The van der Waals surface area contributed by atoms with Crippen LogP contribution >= 0.6 is 67.8 Å². The first kappa shape index (κ1) is 11.4. The van der Waals surface area contributed by atoms with E-state index in [2.05, 4.69) is 80.8 Å². The van der Waals surface area contributed by atoms with Crippen molar-refractivity contribution in [2.24, 2.45) is 11.8 Å². The highest BCUT2D eigenvalue weighted by Gasteiger charge is 2.40.